The van der Waals surface area contributed by atoms with E-state index in [-0.39, 0.29) is 17.6 Å². The maximum absolute atomic E-state index is 12.2. The fourth-order valence-electron chi connectivity index (χ4n) is 3.38. The number of rotatable bonds is 7. The van der Waals surface area contributed by atoms with Crippen molar-refractivity contribution in [2.24, 2.45) is 0 Å². The number of likely N-dealkylation sites (tertiary alicyclic amines) is 1. The lowest BCUT2D eigenvalue weighted by Gasteiger charge is -2.44. The molecule has 1 aliphatic heterocycles. The molecular formula is C17H34N2O5Si. The summed E-state index contributed by atoms with van der Waals surface area (Å²) in [5.41, 5.74) is -1.30. The van der Waals surface area contributed by atoms with Gasteiger partial charge in [-0.05, 0) is 51.7 Å². The number of carbonyl (C=O) groups excluding carboxylic acids is 1. The summed E-state index contributed by atoms with van der Waals surface area (Å²) in [5, 5.41) is 11.3. The number of nitro groups is 1. The topological polar surface area (TPSA) is 81.9 Å². The third kappa shape index (κ3) is 6.25. The Morgan fingerprint density at radius 3 is 2.00 bits per heavy atom. The lowest BCUT2D eigenvalue weighted by atomic mass is 9.92. The number of piperidine rings is 1. The molecule has 0 spiro atoms. The van der Waals surface area contributed by atoms with Gasteiger partial charge in [0.15, 0.2) is 8.32 Å². The van der Waals surface area contributed by atoms with Gasteiger partial charge in [0.25, 0.3) is 0 Å². The Morgan fingerprint density at radius 1 is 1.16 bits per heavy atom. The van der Waals surface area contributed by atoms with Gasteiger partial charge in [0.2, 0.25) is 6.54 Å². The van der Waals surface area contributed by atoms with Gasteiger partial charge in [-0.2, -0.15) is 0 Å². The van der Waals surface area contributed by atoms with Crippen LogP contribution in [0.2, 0.25) is 18.1 Å². The van der Waals surface area contributed by atoms with E-state index in [0.29, 0.717) is 25.9 Å². The smallest absolute Gasteiger partial charge is 0.410 e. The SMILES string of the molecule is CC[Si](CC)(CC)OC1(C[N+](=O)[O-])CCN(C(=O)OC(C)(C)C)CC1. The van der Waals surface area contributed by atoms with E-state index in [1.165, 1.54) is 0 Å². The Bertz CT molecular complexity index is 458. The third-order valence-electron chi connectivity index (χ3n) is 5.11. The molecule has 0 atom stereocenters. The van der Waals surface area contributed by atoms with E-state index < -0.39 is 19.5 Å². The zero-order valence-electron chi connectivity index (χ0n) is 16.6. The first-order valence-corrected chi connectivity index (χ1v) is 11.8. The monoisotopic (exact) mass is 374 g/mol. The van der Waals surface area contributed by atoms with Crippen LogP contribution in [-0.2, 0) is 9.16 Å². The van der Waals surface area contributed by atoms with E-state index in [0.717, 1.165) is 18.1 Å². The minimum absolute atomic E-state index is 0.191. The molecule has 25 heavy (non-hydrogen) atoms. The lowest BCUT2D eigenvalue weighted by molar-refractivity contribution is -0.500. The van der Waals surface area contributed by atoms with Gasteiger partial charge in [0.05, 0.1) is 0 Å². The van der Waals surface area contributed by atoms with Crippen molar-refractivity contribution in [3.05, 3.63) is 10.1 Å². The number of ether oxygens (including phenoxy) is 1. The highest BCUT2D eigenvalue weighted by Crippen LogP contribution is 2.35. The highest BCUT2D eigenvalue weighted by molar-refractivity contribution is 6.73. The molecule has 0 aromatic carbocycles. The van der Waals surface area contributed by atoms with Gasteiger partial charge < -0.3 is 14.1 Å². The lowest BCUT2D eigenvalue weighted by Crippen LogP contribution is -2.57. The van der Waals surface area contributed by atoms with Crippen LogP contribution in [0.5, 0.6) is 0 Å². The van der Waals surface area contributed by atoms with Crippen molar-refractivity contribution < 1.29 is 18.9 Å². The Balaban J connectivity index is 2.87. The summed E-state index contributed by atoms with van der Waals surface area (Å²) in [5.74, 6) is 0. The number of amides is 1. The molecule has 0 bridgehead atoms. The maximum atomic E-state index is 12.2. The summed E-state index contributed by atoms with van der Waals surface area (Å²) in [6.45, 7) is 12.5. The summed E-state index contributed by atoms with van der Waals surface area (Å²) in [6.07, 6.45) is 0.622. The van der Waals surface area contributed by atoms with Crippen LogP contribution in [-0.4, -0.2) is 55.1 Å². The molecule has 0 saturated carbocycles. The molecule has 1 saturated heterocycles. The largest absolute Gasteiger partial charge is 0.444 e. The third-order valence-corrected chi connectivity index (χ3v) is 9.84. The molecule has 0 aromatic rings. The van der Waals surface area contributed by atoms with Crippen molar-refractivity contribution in [3.63, 3.8) is 0 Å². The van der Waals surface area contributed by atoms with Gasteiger partial charge >= 0.3 is 6.09 Å². The van der Waals surface area contributed by atoms with Gasteiger partial charge in [-0.3, -0.25) is 10.1 Å². The molecule has 1 fully saturated rings. The highest BCUT2D eigenvalue weighted by atomic mass is 28.4. The molecule has 8 heteroatoms. The zero-order chi connectivity index (χ0) is 19.3. The molecule has 1 heterocycles. The van der Waals surface area contributed by atoms with Crippen molar-refractivity contribution in [1.29, 1.82) is 0 Å². The number of hydrogen-bond donors (Lipinski definition) is 0. The van der Waals surface area contributed by atoms with Gasteiger partial charge in [0.1, 0.15) is 11.2 Å². The predicted molar refractivity (Wildman–Crippen MR) is 99.9 cm³/mol. The van der Waals surface area contributed by atoms with Crippen LogP contribution in [0.1, 0.15) is 54.4 Å². The van der Waals surface area contributed by atoms with Gasteiger partial charge in [-0.15, -0.1) is 0 Å². The summed E-state index contributed by atoms with van der Waals surface area (Å²) in [4.78, 5) is 24.9. The number of carbonyl (C=O) groups is 1. The zero-order valence-corrected chi connectivity index (χ0v) is 17.6. The average Bonchev–Trinajstić information content (AvgIpc) is 2.51. The van der Waals surface area contributed by atoms with Gasteiger partial charge in [-0.1, -0.05) is 20.8 Å². The quantitative estimate of drug-likeness (QED) is 0.381. The normalized spacial score (nSPS) is 18.1. The second-order valence-electron chi connectivity index (χ2n) is 7.99. The molecule has 0 radical (unpaired) electrons. The molecule has 0 aromatic heterocycles. The summed E-state index contributed by atoms with van der Waals surface area (Å²) < 4.78 is 12.0. The first-order chi connectivity index (χ1) is 11.5. The minimum atomic E-state index is -1.97. The van der Waals surface area contributed by atoms with Crippen molar-refractivity contribution in [3.8, 4) is 0 Å². The molecular weight excluding hydrogens is 340 g/mol. The molecule has 0 N–H and O–H groups in total. The second kappa shape index (κ2) is 8.49. The highest BCUT2D eigenvalue weighted by Gasteiger charge is 2.47. The van der Waals surface area contributed by atoms with E-state index in [4.69, 9.17) is 9.16 Å². The summed E-state index contributed by atoms with van der Waals surface area (Å²) in [6, 6.07) is 2.86. The molecule has 0 unspecified atom stereocenters. The summed E-state index contributed by atoms with van der Waals surface area (Å²) in [7, 11) is -1.97. The molecule has 1 rings (SSSR count). The van der Waals surface area contributed by atoms with Crippen molar-refractivity contribution in [2.45, 2.75) is 83.7 Å². The first kappa shape index (κ1) is 21.9. The Kier molecular flexibility index (Phi) is 7.43. The molecule has 146 valence electrons. The van der Waals surface area contributed by atoms with Crippen molar-refractivity contribution >= 4 is 14.4 Å². The van der Waals surface area contributed by atoms with Crippen molar-refractivity contribution in [2.75, 3.05) is 19.6 Å². The van der Waals surface area contributed by atoms with Crippen LogP contribution >= 0.6 is 0 Å². The van der Waals surface area contributed by atoms with Crippen LogP contribution in [0, 0.1) is 10.1 Å². The fourth-order valence-corrected chi connectivity index (χ4v) is 6.50. The van der Waals surface area contributed by atoms with E-state index in [9.17, 15) is 14.9 Å². The Hall–Kier alpha value is -1.15. The van der Waals surface area contributed by atoms with E-state index in [1.54, 1.807) is 4.90 Å². The Labute approximate surface area is 152 Å². The van der Waals surface area contributed by atoms with E-state index in [1.807, 2.05) is 20.8 Å². The molecule has 1 aliphatic rings. The van der Waals surface area contributed by atoms with Crippen molar-refractivity contribution in [1.82, 2.24) is 4.90 Å². The van der Waals surface area contributed by atoms with Crippen LogP contribution in [0.4, 0.5) is 4.79 Å². The summed E-state index contributed by atoms with van der Waals surface area (Å²) >= 11 is 0. The van der Waals surface area contributed by atoms with E-state index in [2.05, 4.69) is 20.8 Å². The average molecular weight is 375 g/mol. The standard InChI is InChI=1S/C17H34N2O5Si/c1-7-25(8-2,9-3)24-17(14-19(21)22)10-12-18(13-11-17)15(20)23-16(4,5)6/h7-14H2,1-6H3. The van der Waals surface area contributed by atoms with Gasteiger partial charge in [0, 0.05) is 18.0 Å². The fraction of sp³-hybridized carbons (Fsp3) is 0.941. The first-order valence-electron chi connectivity index (χ1n) is 9.30. The van der Waals surface area contributed by atoms with Gasteiger partial charge in [-0.25, -0.2) is 4.79 Å². The van der Waals surface area contributed by atoms with Crippen LogP contribution in [0.3, 0.4) is 0 Å². The van der Waals surface area contributed by atoms with Crippen LogP contribution in [0.25, 0.3) is 0 Å². The number of nitrogens with zero attached hydrogens (tertiary/aromatic N) is 2. The molecule has 1 amide bonds. The van der Waals surface area contributed by atoms with Crippen LogP contribution in [0.15, 0.2) is 0 Å². The second-order valence-corrected chi connectivity index (χ2v) is 12.7. The predicted octanol–water partition coefficient (Wildman–Crippen LogP) is 4.05. The minimum Gasteiger partial charge on any atom is -0.444 e. The Morgan fingerprint density at radius 2 is 1.64 bits per heavy atom. The molecule has 0 aliphatic carbocycles. The number of hydrogen-bond acceptors (Lipinski definition) is 5. The maximum Gasteiger partial charge on any atom is 0.410 e. The molecule has 7 nitrogen and oxygen atoms in total. The van der Waals surface area contributed by atoms with E-state index >= 15 is 0 Å². The van der Waals surface area contributed by atoms with Crippen LogP contribution < -0.4 is 0 Å².